The summed E-state index contributed by atoms with van der Waals surface area (Å²) < 4.78 is 1.67. The molecule has 106 valence electrons. The Morgan fingerprint density at radius 1 is 1.30 bits per heavy atom. The van der Waals surface area contributed by atoms with Crippen molar-refractivity contribution in [2.24, 2.45) is 0 Å². The molecule has 1 heterocycles. The zero-order chi connectivity index (χ0) is 14.7. The van der Waals surface area contributed by atoms with Gasteiger partial charge in [-0.15, -0.1) is 0 Å². The smallest absolute Gasteiger partial charge is 0.226 e. The number of aryl methyl sites for hydroxylation is 2. The summed E-state index contributed by atoms with van der Waals surface area (Å²) in [6.07, 6.45) is 2.04. The fraction of sp³-hybridized carbons (Fsp3) is 0.286. The first kappa shape index (κ1) is 14.9. The Balaban J connectivity index is 1.94. The lowest BCUT2D eigenvalue weighted by atomic mass is 10.2. The van der Waals surface area contributed by atoms with E-state index < -0.39 is 0 Å². The van der Waals surface area contributed by atoms with Crippen molar-refractivity contribution in [3.05, 3.63) is 45.7 Å². The van der Waals surface area contributed by atoms with Crippen molar-refractivity contribution in [2.75, 3.05) is 5.32 Å². The summed E-state index contributed by atoms with van der Waals surface area (Å²) in [4.78, 5) is 11.9. The Bertz CT molecular complexity index is 618. The summed E-state index contributed by atoms with van der Waals surface area (Å²) in [5.41, 5.74) is 2.36. The Labute approximate surface area is 127 Å². The molecule has 1 N–H and O–H groups in total. The SMILES string of the molecule is Cc1nn(CCC(=O)Nc2cccc(Cl)c2C)cc1Cl. The minimum atomic E-state index is -0.0837. The molecule has 4 nitrogen and oxygen atoms in total. The van der Waals surface area contributed by atoms with E-state index in [1.807, 2.05) is 26.0 Å². The Kier molecular flexibility index (Phi) is 4.68. The molecule has 0 aliphatic heterocycles. The van der Waals surface area contributed by atoms with Crippen LogP contribution < -0.4 is 5.32 Å². The predicted molar refractivity (Wildman–Crippen MR) is 81.4 cm³/mol. The Morgan fingerprint density at radius 3 is 2.70 bits per heavy atom. The molecule has 20 heavy (non-hydrogen) atoms. The van der Waals surface area contributed by atoms with E-state index in [1.165, 1.54) is 0 Å². The molecule has 2 rings (SSSR count). The maximum absolute atomic E-state index is 11.9. The van der Waals surface area contributed by atoms with E-state index >= 15 is 0 Å². The van der Waals surface area contributed by atoms with Crippen LogP contribution in [0.4, 0.5) is 5.69 Å². The van der Waals surface area contributed by atoms with E-state index in [-0.39, 0.29) is 5.91 Å². The van der Waals surface area contributed by atoms with Gasteiger partial charge >= 0.3 is 0 Å². The average Bonchev–Trinajstić information content (AvgIpc) is 2.72. The van der Waals surface area contributed by atoms with Gasteiger partial charge in [0.15, 0.2) is 0 Å². The van der Waals surface area contributed by atoms with Crippen LogP contribution in [-0.2, 0) is 11.3 Å². The van der Waals surface area contributed by atoms with E-state index in [1.54, 1.807) is 16.9 Å². The largest absolute Gasteiger partial charge is 0.326 e. The molecule has 2 aromatic rings. The highest BCUT2D eigenvalue weighted by Crippen LogP contribution is 2.23. The number of nitrogens with one attached hydrogen (secondary N) is 1. The number of nitrogens with zero attached hydrogens (tertiary/aromatic N) is 2. The lowest BCUT2D eigenvalue weighted by Crippen LogP contribution is -2.15. The molecule has 0 spiro atoms. The van der Waals surface area contributed by atoms with E-state index in [0.29, 0.717) is 23.0 Å². The van der Waals surface area contributed by atoms with E-state index in [2.05, 4.69) is 10.4 Å². The number of halogens is 2. The minimum absolute atomic E-state index is 0.0837. The van der Waals surface area contributed by atoms with E-state index in [4.69, 9.17) is 23.2 Å². The fourth-order valence-electron chi connectivity index (χ4n) is 1.78. The summed E-state index contributed by atoms with van der Waals surface area (Å²) >= 11 is 11.9. The first-order valence-corrected chi connectivity index (χ1v) is 6.97. The number of hydrogen-bond acceptors (Lipinski definition) is 2. The van der Waals surface area contributed by atoms with Crippen LogP contribution in [0.15, 0.2) is 24.4 Å². The highest BCUT2D eigenvalue weighted by molar-refractivity contribution is 6.31. The second kappa shape index (κ2) is 6.29. The van der Waals surface area contributed by atoms with Crippen LogP contribution in [0.5, 0.6) is 0 Å². The van der Waals surface area contributed by atoms with Crippen LogP contribution in [-0.4, -0.2) is 15.7 Å². The van der Waals surface area contributed by atoms with Gasteiger partial charge in [-0.05, 0) is 31.5 Å². The van der Waals surface area contributed by atoms with Crippen molar-refractivity contribution in [1.82, 2.24) is 9.78 Å². The topological polar surface area (TPSA) is 46.9 Å². The van der Waals surface area contributed by atoms with Crippen molar-refractivity contribution < 1.29 is 4.79 Å². The van der Waals surface area contributed by atoms with Crippen LogP contribution >= 0.6 is 23.2 Å². The molecule has 1 amide bonds. The molecule has 0 aliphatic rings. The zero-order valence-corrected chi connectivity index (χ0v) is 12.8. The third kappa shape index (κ3) is 3.52. The number of rotatable bonds is 4. The van der Waals surface area contributed by atoms with Gasteiger partial charge in [0.05, 0.1) is 10.7 Å². The van der Waals surface area contributed by atoms with Gasteiger partial charge < -0.3 is 5.32 Å². The summed E-state index contributed by atoms with van der Waals surface area (Å²) in [5.74, 6) is -0.0837. The van der Waals surface area contributed by atoms with Crippen molar-refractivity contribution in [3.63, 3.8) is 0 Å². The number of amides is 1. The molecule has 0 aliphatic carbocycles. The van der Waals surface area contributed by atoms with Crippen molar-refractivity contribution in [1.29, 1.82) is 0 Å². The molecule has 0 fully saturated rings. The average molecular weight is 312 g/mol. The van der Waals surface area contributed by atoms with Gasteiger partial charge in [0.1, 0.15) is 0 Å². The summed E-state index contributed by atoms with van der Waals surface area (Å²) in [7, 11) is 0. The first-order chi connectivity index (χ1) is 9.47. The number of carbonyl (C=O) groups excluding carboxylic acids is 1. The van der Waals surface area contributed by atoms with Crippen LogP contribution in [0.1, 0.15) is 17.7 Å². The normalized spacial score (nSPS) is 10.6. The molecule has 0 radical (unpaired) electrons. The summed E-state index contributed by atoms with van der Waals surface area (Å²) in [5, 5.41) is 8.29. The maximum Gasteiger partial charge on any atom is 0.226 e. The molecule has 0 saturated heterocycles. The Hall–Kier alpha value is -1.52. The van der Waals surface area contributed by atoms with Gasteiger partial charge in [-0.3, -0.25) is 9.48 Å². The first-order valence-electron chi connectivity index (χ1n) is 6.22. The number of aromatic nitrogens is 2. The lowest BCUT2D eigenvalue weighted by Gasteiger charge is -2.09. The molecule has 0 unspecified atom stereocenters. The van der Waals surface area contributed by atoms with Gasteiger partial charge in [0, 0.05) is 29.9 Å². The van der Waals surface area contributed by atoms with Crippen LogP contribution in [0.3, 0.4) is 0 Å². The predicted octanol–water partition coefficient (Wildman–Crippen LogP) is 3.84. The highest BCUT2D eigenvalue weighted by atomic mass is 35.5. The van der Waals surface area contributed by atoms with Crippen LogP contribution in [0.2, 0.25) is 10.0 Å². The van der Waals surface area contributed by atoms with Crippen LogP contribution in [0, 0.1) is 13.8 Å². The third-order valence-corrected chi connectivity index (χ3v) is 3.78. The number of anilines is 1. The molecule has 1 aromatic carbocycles. The van der Waals surface area contributed by atoms with Crippen molar-refractivity contribution >= 4 is 34.8 Å². The van der Waals surface area contributed by atoms with Gasteiger partial charge in [0.2, 0.25) is 5.91 Å². The quantitative estimate of drug-likeness (QED) is 0.932. The molecule has 0 atom stereocenters. The minimum Gasteiger partial charge on any atom is -0.326 e. The summed E-state index contributed by atoms with van der Waals surface area (Å²) in [6, 6.07) is 5.43. The third-order valence-electron chi connectivity index (χ3n) is 3.00. The number of hydrogen-bond donors (Lipinski definition) is 1. The summed E-state index contributed by atoms with van der Waals surface area (Å²) in [6.45, 7) is 4.18. The second-order valence-electron chi connectivity index (χ2n) is 4.54. The molecular weight excluding hydrogens is 297 g/mol. The van der Waals surface area contributed by atoms with Crippen LogP contribution in [0.25, 0.3) is 0 Å². The van der Waals surface area contributed by atoms with Gasteiger partial charge in [-0.2, -0.15) is 5.10 Å². The number of carbonyl (C=O) groups is 1. The lowest BCUT2D eigenvalue weighted by molar-refractivity contribution is -0.116. The van der Waals surface area contributed by atoms with E-state index in [0.717, 1.165) is 16.9 Å². The van der Waals surface area contributed by atoms with Crippen molar-refractivity contribution in [2.45, 2.75) is 26.8 Å². The zero-order valence-electron chi connectivity index (χ0n) is 11.3. The second-order valence-corrected chi connectivity index (χ2v) is 5.35. The molecule has 6 heteroatoms. The van der Waals surface area contributed by atoms with Gasteiger partial charge in [-0.1, -0.05) is 29.3 Å². The van der Waals surface area contributed by atoms with Gasteiger partial charge in [-0.25, -0.2) is 0 Å². The standard InChI is InChI=1S/C14H15Cl2N3O/c1-9-11(15)4-3-5-13(9)17-14(20)6-7-19-8-12(16)10(2)18-19/h3-5,8H,6-7H2,1-2H3,(H,17,20). The molecule has 1 aromatic heterocycles. The van der Waals surface area contributed by atoms with Gasteiger partial charge in [0.25, 0.3) is 0 Å². The number of benzene rings is 1. The Morgan fingerprint density at radius 2 is 2.05 bits per heavy atom. The highest BCUT2D eigenvalue weighted by Gasteiger charge is 2.08. The fourth-order valence-corrected chi connectivity index (χ4v) is 2.10. The molecule has 0 saturated carbocycles. The molecule has 0 bridgehead atoms. The maximum atomic E-state index is 11.9. The van der Waals surface area contributed by atoms with E-state index in [9.17, 15) is 4.79 Å². The monoisotopic (exact) mass is 311 g/mol. The van der Waals surface area contributed by atoms with Crippen molar-refractivity contribution in [3.8, 4) is 0 Å². The molecular formula is C14H15Cl2N3O.